The van der Waals surface area contributed by atoms with Crippen LogP contribution in [-0.2, 0) is 28.6 Å². The van der Waals surface area contributed by atoms with Crippen molar-refractivity contribution >= 4 is 17.9 Å². The molecule has 0 heterocycles. The Morgan fingerprint density at radius 3 is 0.984 bits per heavy atom. The minimum absolute atomic E-state index is 0.0942. The van der Waals surface area contributed by atoms with Crippen molar-refractivity contribution in [2.45, 2.75) is 284 Å². The summed E-state index contributed by atoms with van der Waals surface area (Å²) in [6.07, 6.45) is 62.4. The highest BCUT2D eigenvalue weighted by molar-refractivity contribution is 5.71. The molecule has 0 saturated heterocycles. The highest BCUT2D eigenvalue weighted by Gasteiger charge is 2.19. The molecule has 366 valence electrons. The van der Waals surface area contributed by atoms with Gasteiger partial charge in [0.1, 0.15) is 13.2 Å². The first kappa shape index (κ1) is 60.4. The van der Waals surface area contributed by atoms with Crippen LogP contribution in [-0.4, -0.2) is 37.2 Å². The maximum Gasteiger partial charge on any atom is 0.306 e. The van der Waals surface area contributed by atoms with Crippen molar-refractivity contribution in [3.63, 3.8) is 0 Å². The van der Waals surface area contributed by atoms with E-state index in [0.29, 0.717) is 19.3 Å². The third-order valence-corrected chi connectivity index (χ3v) is 11.8. The monoisotopic (exact) mass is 883 g/mol. The number of unbranched alkanes of at least 4 members (excludes halogenated alkanes) is 30. The van der Waals surface area contributed by atoms with Gasteiger partial charge in [-0.05, 0) is 77.0 Å². The quantitative estimate of drug-likeness (QED) is 0.0262. The lowest BCUT2D eigenvalue weighted by Crippen LogP contribution is -2.30. The molecule has 0 aromatic heterocycles. The lowest BCUT2D eigenvalue weighted by molar-refractivity contribution is -0.167. The Morgan fingerprint density at radius 2 is 0.587 bits per heavy atom. The van der Waals surface area contributed by atoms with Crippen LogP contribution in [0.3, 0.4) is 0 Å². The zero-order valence-corrected chi connectivity index (χ0v) is 41.8. The van der Waals surface area contributed by atoms with Crippen LogP contribution in [0.2, 0.25) is 0 Å². The number of rotatable bonds is 49. The fraction of sp³-hybridized carbons (Fsp3) is 0.807. The Balaban J connectivity index is 4.44. The summed E-state index contributed by atoms with van der Waals surface area (Å²) in [5.41, 5.74) is 0. The van der Waals surface area contributed by atoms with Gasteiger partial charge in [0, 0.05) is 19.3 Å². The third kappa shape index (κ3) is 50.2. The number of carbonyl (C=O) groups excluding carboxylic acids is 3. The second-order valence-electron chi connectivity index (χ2n) is 18.1. The highest BCUT2D eigenvalue weighted by Crippen LogP contribution is 2.15. The van der Waals surface area contributed by atoms with Gasteiger partial charge in [-0.25, -0.2) is 0 Å². The Kier molecular flexibility index (Phi) is 49.8. The molecule has 0 aromatic carbocycles. The predicted molar refractivity (Wildman–Crippen MR) is 270 cm³/mol. The largest absolute Gasteiger partial charge is 0.462 e. The molecule has 0 bridgehead atoms. The SMILES string of the molecule is CCCCCCCC/C=C\C/C=C\C/C=C\CCCC(=O)OCC(COC(=O)CCCCC/C=C\CCCCCCCC)OC(=O)CCCCCCCCCCCCCCCCC. The Bertz CT molecular complexity index is 1110. The topological polar surface area (TPSA) is 78.9 Å². The van der Waals surface area contributed by atoms with E-state index in [2.05, 4.69) is 69.4 Å². The van der Waals surface area contributed by atoms with E-state index in [9.17, 15) is 14.4 Å². The fourth-order valence-corrected chi connectivity index (χ4v) is 7.69. The summed E-state index contributed by atoms with van der Waals surface area (Å²) in [5.74, 6) is -0.952. The van der Waals surface area contributed by atoms with Crippen molar-refractivity contribution in [1.29, 1.82) is 0 Å². The smallest absolute Gasteiger partial charge is 0.306 e. The number of hydrogen-bond acceptors (Lipinski definition) is 6. The summed E-state index contributed by atoms with van der Waals surface area (Å²) in [6.45, 7) is 6.59. The van der Waals surface area contributed by atoms with E-state index in [1.165, 1.54) is 161 Å². The Hall–Kier alpha value is -2.63. The summed E-state index contributed by atoms with van der Waals surface area (Å²) < 4.78 is 16.8. The molecule has 0 aliphatic rings. The molecule has 0 fully saturated rings. The van der Waals surface area contributed by atoms with Gasteiger partial charge in [0.05, 0.1) is 0 Å². The molecule has 0 aromatic rings. The summed E-state index contributed by atoms with van der Waals surface area (Å²) >= 11 is 0. The number of hydrogen-bond donors (Lipinski definition) is 0. The van der Waals surface area contributed by atoms with Crippen LogP contribution >= 0.6 is 0 Å². The average Bonchev–Trinajstić information content (AvgIpc) is 3.28. The standard InChI is InChI=1S/C57H102O6/c1-4-7-10-13-16-19-22-25-27-28-30-32-35-38-41-44-47-50-56(59)62-53-54(52-61-55(58)49-46-43-40-37-34-31-24-21-18-15-12-9-6-3)63-57(60)51-48-45-42-39-36-33-29-26-23-20-17-14-11-8-5-2/h25,27,30-32,34,38,41,54H,4-24,26,28-29,33,35-37,39-40,42-53H2,1-3H3/b27-25-,32-30-,34-31-,41-38-. The predicted octanol–water partition coefficient (Wildman–Crippen LogP) is 17.9. The van der Waals surface area contributed by atoms with E-state index in [0.717, 1.165) is 70.6 Å². The van der Waals surface area contributed by atoms with Crippen LogP contribution in [0.25, 0.3) is 0 Å². The van der Waals surface area contributed by atoms with Crippen molar-refractivity contribution in [3.05, 3.63) is 48.6 Å². The van der Waals surface area contributed by atoms with Gasteiger partial charge in [0.15, 0.2) is 6.10 Å². The van der Waals surface area contributed by atoms with E-state index in [1.807, 2.05) is 0 Å². The zero-order chi connectivity index (χ0) is 45.8. The van der Waals surface area contributed by atoms with Gasteiger partial charge >= 0.3 is 17.9 Å². The molecule has 0 radical (unpaired) electrons. The van der Waals surface area contributed by atoms with E-state index < -0.39 is 6.10 Å². The summed E-state index contributed by atoms with van der Waals surface area (Å²) in [6, 6.07) is 0. The van der Waals surface area contributed by atoms with Crippen LogP contribution in [0, 0.1) is 0 Å². The van der Waals surface area contributed by atoms with E-state index in [4.69, 9.17) is 14.2 Å². The number of allylic oxidation sites excluding steroid dienone is 8. The van der Waals surface area contributed by atoms with Crippen LogP contribution < -0.4 is 0 Å². The molecule has 6 heteroatoms. The maximum atomic E-state index is 12.8. The summed E-state index contributed by atoms with van der Waals surface area (Å²) in [4.78, 5) is 38.0. The summed E-state index contributed by atoms with van der Waals surface area (Å²) in [7, 11) is 0. The number of esters is 3. The zero-order valence-electron chi connectivity index (χ0n) is 41.8. The van der Waals surface area contributed by atoms with Gasteiger partial charge in [0.25, 0.3) is 0 Å². The van der Waals surface area contributed by atoms with Crippen molar-refractivity contribution in [2.24, 2.45) is 0 Å². The Morgan fingerprint density at radius 1 is 0.317 bits per heavy atom. The van der Waals surface area contributed by atoms with Crippen molar-refractivity contribution in [1.82, 2.24) is 0 Å². The molecule has 6 nitrogen and oxygen atoms in total. The maximum absolute atomic E-state index is 12.8. The molecule has 0 spiro atoms. The van der Waals surface area contributed by atoms with E-state index >= 15 is 0 Å². The van der Waals surface area contributed by atoms with Crippen molar-refractivity contribution < 1.29 is 28.6 Å². The van der Waals surface area contributed by atoms with Gasteiger partial charge in [-0.1, -0.05) is 230 Å². The first-order chi connectivity index (χ1) is 31.0. The second-order valence-corrected chi connectivity index (χ2v) is 18.1. The molecule has 0 saturated carbocycles. The lowest BCUT2D eigenvalue weighted by atomic mass is 10.0. The molecule has 1 unspecified atom stereocenters. The lowest BCUT2D eigenvalue weighted by Gasteiger charge is -2.18. The molecule has 0 rings (SSSR count). The molecule has 0 aliphatic carbocycles. The number of carbonyl (C=O) groups is 3. The van der Waals surface area contributed by atoms with Gasteiger partial charge < -0.3 is 14.2 Å². The molecule has 0 amide bonds. The summed E-state index contributed by atoms with van der Waals surface area (Å²) in [5, 5.41) is 0. The molecule has 63 heavy (non-hydrogen) atoms. The minimum Gasteiger partial charge on any atom is -0.462 e. The van der Waals surface area contributed by atoms with Crippen molar-refractivity contribution in [2.75, 3.05) is 13.2 Å². The van der Waals surface area contributed by atoms with Crippen LogP contribution in [0.1, 0.15) is 278 Å². The molecule has 1 atom stereocenters. The minimum atomic E-state index is -0.796. The van der Waals surface area contributed by atoms with Gasteiger partial charge in [-0.15, -0.1) is 0 Å². The molecular formula is C57H102O6. The normalized spacial score (nSPS) is 12.4. The van der Waals surface area contributed by atoms with Crippen LogP contribution in [0.15, 0.2) is 48.6 Å². The molecule has 0 N–H and O–H groups in total. The van der Waals surface area contributed by atoms with Crippen LogP contribution in [0.5, 0.6) is 0 Å². The molecule has 0 aliphatic heterocycles. The van der Waals surface area contributed by atoms with Gasteiger partial charge in [0.2, 0.25) is 0 Å². The van der Waals surface area contributed by atoms with E-state index in [1.54, 1.807) is 0 Å². The number of ether oxygens (including phenoxy) is 3. The van der Waals surface area contributed by atoms with Gasteiger partial charge in [-0.2, -0.15) is 0 Å². The average molecular weight is 883 g/mol. The Labute approximate surface area is 390 Å². The van der Waals surface area contributed by atoms with Gasteiger partial charge in [-0.3, -0.25) is 14.4 Å². The first-order valence-electron chi connectivity index (χ1n) is 27.1. The molecular weight excluding hydrogens is 781 g/mol. The van der Waals surface area contributed by atoms with E-state index in [-0.39, 0.29) is 37.5 Å². The highest BCUT2D eigenvalue weighted by atomic mass is 16.6. The first-order valence-corrected chi connectivity index (χ1v) is 27.1. The fourth-order valence-electron chi connectivity index (χ4n) is 7.69. The third-order valence-electron chi connectivity index (χ3n) is 11.8. The second kappa shape index (κ2) is 52.0. The van der Waals surface area contributed by atoms with Crippen molar-refractivity contribution in [3.8, 4) is 0 Å². The van der Waals surface area contributed by atoms with Crippen LogP contribution in [0.4, 0.5) is 0 Å².